The first kappa shape index (κ1) is 23.8. The summed E-state index contributed by atoms with van der Waals surface area (Å²) in [6, 6.07) is 21.5. The van der Waals surface area contributed by atoms with Crippen LogP contribution in [0.2, 0.25) is 0 Å². The molecule has 1 N–H and O–H groups in total. The van der Waals surface area contributed by atoms with E-state index in [2.05, 4.69) is 29.0 Å². The quantitative estimate of drug-likeness (QED) is 0.470. The first-order chi connectivity index (χ1) is 16.6. The van der Waals surface area contributed by atoms with Crippen LogP contribution in [0.15, 0.2) is 72.9 Å². The minimum absolute atomic E-state index is 0.170. The fourth-order valence-corrected chi connectivity index (χ4v) is 4.14. The molecule has 1 fully saturated rings. The minimum Gasteiger partial charge on any atom is -0.489 e. The Hall–Kier alpha value is -3.38. The van der Waals surface area contributed by atoms with E-state index in [0.29, 0.717) is 42.3 Å². The number of piperidine rings is 1. The molecule has 1 atom stereocenters. The molecule has 6 heteroatoms. The van der Waals surface area contributed by atoms with Gasteiger partial charge in [-0.15, -0.1) is 0 Å². The largest absolute Gasteiger partial charge is 0.489 e. The second-order valence-electron chi connectivity index (χ2n) is 9.03. The van der Waals surface area contributed by atoms with Crippen LogP contribution >= 0.6 is 0 Å². The zero-order valence-corrected chi connectivity index (χ0v) is 19.9. The summed E-state index contributed by atoms with van der Waals surface area (Å²) in [4.78, 5) is 19.4. The first-order valence-electron chi connectivity index (χ1n) is 12.0. The third-order valence-electron chi connectivity index (χ3n) is 6.10. The van der Waals surface area contributed by atoms with Crippen molar-refractivity contribution >= 4 is 5.91 Å². The second kappa shape index (κ2) is 11.7. The number of carbonyl (C=O) groups is 1. The van der Waals surface area contributed by atoms with Crippen LogP contribution in [0, 0.1) is 5.92 Å². The van der Waals surface area contributed by atoms with Crippen molar-refractivity contribution in [2.75, 3.05) is 19.6 Å². The summed E-state index contributed by atoms with van der Waals surface area (Å²) in [5, 5.41) is 3.05. The molecule has 0 radical (unpaired) electrons. The molecule has 1 aliphatic rings. The molecule has 178 valence electrons. The number of aromatic nitrogens is 1. The normalized spacial score (nSPS) is 16.3. The number of benzene rings is 2. The predicted octanol–water partition coefficient (Wildman–Crippen LogP) is 5.30. The molecule has 34 heavy (non-hydrogen) atoms. The van der Waals surface area contributed by atoms with Crippen molar-refractivity contribution in [2.45, 2.75) is 39.3 Å². The summed E-state index contributed by atoms with van der Waals surface area (Å²) < 4.78 is 11.8. The van der Waals surface area contributed by atoms with E-state index < -0.39 is 0 Å². The monoisotopic (exact) mass is 459 g/mol. The van der Waals surface area contributed by atoms with Gasteiger partial charge < -0.3 is 19.7 Å². The van der Waals surface area contributed by atoms with Gasteiger partial charge in [-0.25, -0.2) is 0 Å². The number of pyridine rings is 1. The van der Waals surface area contributed by atoms with Gasteiger partial charge in [0.2, 0.25) is 0 Å². The van der Waals surface area contributed by atoms with Crippen LogP contribution in [-0.4, -0.2) is 41.5 Å². The predicted molar refractivity (Wildman–Crippen MR) is 133 cm³/mol. The average molecular weight is 460 g/mol. The Bertz CT molecular complexity index is 1050. The summed E-state index contributed by atoms with van der Waals surface area (Å²) in [5.74, 6) is 2.31. The molecular formula is C28H33N3O3. The number of nitrogens with zero attached hydrogens (tertiary/aromatic N) is 2. The molecular weight excluding hydrogens is 426 g/mol. The van der Waals surface area contributed by atoms with E-state index in [1.165, 1.54) is 6.42 Å². The van der Waals surface area contributed by atoms with Crippen LogP contribution in [0.3, 0.4) is 0 Å². The molecule has 3 aromatic rings. The summed E-state index contributed by atoms with van der Waals surface area (Å²) >= 11 is 0. The van der Waals surface area contributed by atoms with Gasteiger partial charge in [-0.1, -0.05) is 30.3 Å². The van der Waals surface area contributed by atoms with Crippen molar-refractivity contribution in [3.8, 4) is 17.2 Å². The number of hydrogen-bond acceptors (Lipinski definition) is 5. The van der Waals surface area contributed by atoms with Crippen LogP contribution in [0.25, 0.3) is 0 Å². The second-order valence-corrected chi connectivity index (χ2v) is 9.03. The maximum atomic E-state index is 12.7. The highest BCUT2D eigenvalue weighted by Crippen LogP contribution is 2.25. The highest BCUT2D eigenvalue weighted by molar-refractivity contribution is 5.92. The average Bonchev–Trinajstić information content (AvgIpc) is 2.88. The van der Waals surface area contributed by atoms with Crippen LogP contribution in [-0.2, 0) is 6.61 Å². The van der Waals surface area contributed by atoms with Crippen molar-refractivity contribution in [3.63, 3.8) is 0 Å². The van der Waals surface area contributed by atoms with Gasteiger partial charge in [-0.2, -0.15) is 0 Å². The number of amides is 1. The molecule has 0 unspecified atom stereocenters. The number of likely N-dealkylation sites (tertiary alicyclic amines) is 1. The number of carbonyl (C=O) groups excluding carboxylic acids is 1. The lowest BCUT2D eigenvalue weighted by Crippen LogP contribution is -2.43. The standard InChI is InChI=1S/C28H33N3O3/c1-21(2)31-16-6-9-23(19-31)18-30-28(32)27-17-26(14-15-29-27)34-25-12-10-24(11-13-25)33-20-22-7-4-3-5-8-22/h3-5,7-8,10-15,17,21,23H,6,9,16,18-20H2,1-2H3,(H,30,32)/t23-/m1/s1. The Morgan fingerprint density at radius 1 is 1.06 bits per heavy atom. The lowest BCUT2D eigenvalue weighted by molar-refractivity contribution is 0.0917. The zero-order valence-electron chi connectivity index (χ0n) is 19.9. The SMILES string of the molecule is CC(C)N1CCC[C@H](CNC(=O)c2cc(Oc3ccc(OCc4ccccc4)cc3)ccn2)C1. The van der Waals surface area contributed by atoms with Gasteiger partial charge in [0.1, 0.15) is 29.5 Å². The van der Waals surface area contributed by atoms with Crippen molar-refractivity contribution < 1.29 is 14.3 Å². The van der Waals surface area contributed by atoms with Crippen molar-refractivity contribution in [3.05, 3.63) is 84.2 Å². The highest BCUT2D eigenvalue weighted by Gasteiger charge is 2.22. The summed E-state index contributed by atoms with van der Waals surface area (Å²) in [7, 11) is 0. The van der Waals surface area contributed by atoms with Gasteiger partial charge >= 0.3 is 0 Å². The molecule has 1 aliphatic heterocycles. The Kier molecular flexibility index (Phi) is 8.15. The number of ether oxygens (including phenoxy) is 2. The molecule has 4 rings (SSSR count). The number of nitrogens with one attached hydrogen (secondary N) is 1. The van der Waals surface area contributed by atoms with Crippen molar-refractivity contribution in [1.29, 1.82) is 0 Å². The third-order valence-corrected chi connectivity index (χ3v) is 6.10. The van der Waals surface area contributed by atoms with Gasteiger partial charge in [0.15, 0.2) is 0 Å². The fourth-order valence-electron chi connectivity index (χ4n) is 4.14. The van der Waals surface area contributed by atoms with E-state index in [-0.39, 0.29) is 5.91 Å². The van der Waals surface area contributed by atoms with E-state index in [0.717, 1.165) is 30.8 Å². The molecule has 0 saturated carbocycles. The van der Waals surface area contributed by atoms with E-state index in [9.17, 15) is 4.79 Å². The fraction of sp³-hybridized carbons (Fsp3) is 0.357. The lowest BCUT2D eigenvalue weighted by atomic mass is 9.97. The molecule has 0 spiro atoms. The molecule has 2 aromatic carbocycles. The smallest absolute Gasteiger partial charge is 0.270 e. The van der Waals surface area contributed by atoms with Crippen LogP contribution in [0.1, 0.15) is 42.7 Å². The molecule has 6 nitrogen and oxygen atoms in total. The number of hydrogen-bond donors (Lipinski definition) is 1. The zero-order chi connectivity index (χ0) is 23.8. The molecule has 1 amide bonds. The molecule has 1 aromatic heterocycles. The van der Waals surface area contributed by atoms with Gasteiger partial charge in [0, 0.05) is 31.4 Å². The molecule has 0 bridgehead atoms. The number of rotatable bonds is 9. The Labute approximate surface area is 201 Å². The maximum Gasteiger partial charge on any atom is 0.270 e. The highest BCUT2D eigenvalue weighted by atomic mass is 16.5. The van der Waals surface area contributed by atoms with E-state index in [1.807, 2.05) is 54.6 Å². The summed E-state index contributed by atoms with van der Waals surface area (Å²) in [6.07, 6.45) is 3.92. The van der Waals surface area contributed by atoms with Crippen LogP contribution in [0.5, 0.6) is 17.2 Å². The van der Waals surface area contributed by atoms with Gasteiger partial charge in [-0.3, -0.25) is 9.78 Å². The van der Waals surface area contributed by atoms with E-state index in [1.54, 1.807) is 18.3 Å². The molecule has 0 aliphatic carbocycles. The Morgan fingerprint density at radius 2 is 1.82 bits per heavy atom. The van der Waals surface area contributed by atoms with E-state index >= 15 is 0 Å². The van der Waals surface area contributed by atoms with Crippen molar-refractivity contribution in [1.82, 2.24) is 15.2 Å². The third kappa shape index (κ3) is 6.81. The lowest BCUT2D eigenvalue weighted by Gasteiger charge is -2.35. The van der Waals surface area contributed by atoms with Gasteiger partial charge in [0.25, 0.3) is 5.91 Å². The van der Waals surface area contributed by atoms with Gasteiger partial charge in [-0.05, 0) is 75.0 Å². The van der Waals surface area contributed by atoms with E-state index in [4.69, 9.17) is 9.47 Å². The summed E-state index contributed by atoms with van der Waals surface area (Å²) in [5.41, 5.74) is 1.47. The van der Waals surface area contributed by atoms with Gasteiger partial charge in [0.05, 0.1) is 0 Å². The maximum absolute atomic E-state index is 12.7. The Morgan fingerprint density at radius 3 is 2.59 bits per heavy atom. The van der Waals surface area contributed by atoms with Crippen LogP contribution < -0.4 is 14.8 Å². The minimum atomic E-state index is -0.170. The summed E-state index contributed by atoms with van der Waals surface area (Å²) in [6.45, 7) is 7.80. The molecule has 2 heterocycles. The Balaban J connectivity index is 1.28. The topological polar surface area (TPSA) is 63.7 Å². The molecule has 1 saturated heterocycles. The first-order valence-corrected chi connectivity index (χ1v) is 12.0. The van der Waals surface area contributed by atoms with Crippen LogP contribution in [0.4, 0.5) is 0 Å². The van der Waals surface area contributed by atoms with Crippen molar-refractivity contribution in [2.24, 2.45) is 5.92 Å².